The van der Waals surface area contributed by atoms with Gasteiger partial charge in [-0.2, -0.15) is 0 Å². The van der Waals surface area contributed by atoms with E-state index in [2.05, 4.69) is 16.0 Å². The zero-order chi connectivity index (χ0) is 16.4. The van der Waals surface area contributed by atoms with E-state index < -0.39 is 0 Å². The molecule has 0 N–H and O–H groups in total. The van der Waals surface area contributed by atoms with E-state index in [4.69, 9.17) is 4.74 Å². The Balaban J connectivity index is 1.24. The summed E-state index contributed by atoms with van der Waals surface area (Å²) in [5.41, 5.74) is 2.18. The Kier molecular flexibility index (Phi) is 4.57. The molecular formula is C19H21FN2OS. The van der Waals surface area contributed by atoms with Crippen molar-refractivity contribution in [3.63, 3.8) is 0 Å². The molecule has 126 valence electrons. The normalized spacial score (nSPS) is 22.6. The van der Waals surface area contributed by atoms with Gasteiger partial charge in [0.25, 0.3) is 0 Å². The van der Waals surface area contributed by atoms with Crippen molar-refractivity contribution in [1.82, 2.24) is 9.88 Å². The van der Waals surface area contributed by atoms with Crippen molar-refractivity contribution in [2.45, 2.75) is 30.4 Å². The molecule has 24 heavy (non-hydrogen) atoms. The average Bonchev–Trinajstić information content (AvgIpc) is 2.98. The highest BCUT2D eigenvalue weighted by atomic mass is 32.2. The Morgan fingerprint density at radius 2 is 2.12 bits per heavy atom. The van der Waals surface area contributed by atoms with Crippen LogP contribution >= 0.6 is 11.8 Å². The first-order valence-electron chi connectivity index (χ1n) is 8.32. The maximum atomic E-state index is 13.3. The molecule has 4 rings (SSSR count). The third-order valence-electron chi connectivity index (χ3n) is 4.70. The molecule has 0 saturated carbocycles. The van der Waals surface area contributed by atoms with Gasteiger partial charge in [0.15, 0.2) is 0 Å². The van der Waals surface area contributed by atoms with Gasteiger partial charge in [-0.1, -0.05) is 18.2 Å². The molecule has 5 heteroatoms. The van der Waals surface area contributed by atoms with Crippen LogP contribution in [0.5, 0.6) is 0 Å². The number of nitrogens with zero attached hydrogens (tertiary/aromatic N) is 2. The molecule has 1 aromatic heterocycles. The Bertz CT molecular complexity index is 691. The highest BCUT2D eigenvalue weighted by Crippen LogP contribution is 2.46. The summed E-state index contributed by atoms with van der Waals surface area (Å²) in [6.45, 7) is 3.62. The van der Waals surface area contributed by atoms with Crippen molar-refractivity contribution in [3.05, 3.63) is 65.7 Å². The minimum atomic E-state index is -0.151. The summed E-state index contributed by atoms with van der Waals surface area (Å²) in [6, 6.07) is 10.9. The van der Waals surface area contributed by atoms with E-state index in [1.807, 2.05) is 30.1 Å². The Hall–Kier alpha value is -1.43. The van der Waals surface area contributed by atoms with Crippen LogP contribution in [0, 0.1) is 5.82 Å². The molecule has 2 fully saturated rings. The number of hydrogen-bond donors (Lipinski definition) is 0. The summed E-state index contributed by atoms with van der Waals surface area (Å²) < 4.78 is 19.7. The van der Waals surface area contributed by atoms with E-state index in [1.165, 1.54) is 6.07 Å². The van der Waals surface area contributed by atoms with E-state index in [0.29, 0.717) is 17.5 Å². The number of benzene rings is 1. The summed E-state index contributed by atoms with van der Waals surface area (Å²) in [6.07, 6.45) is 5.08. The molecule has 0 amide bonds. The van der Waals surface area contributed by atoms with E-state index in [9.17, 15) is 4.39 Å². The number of ether oxygens (including phenoxy) is 1. The van der Waals surface area contributed by atoms with Crippen LogP contribution in [-0.4, -0.2) is 39.6 Å². The van der Waals surface area contributed by atoms with Gasteiger partial charge in [-0.05, 0) is 35.7 Å². The van der Waals surface area contributed by atoms with Crippen LogP contribution in [0.4, 0.5) is 4.39 Å². The largest absolute Gasteiger partial charge is 0.373 e. The second-order valence-electron chi connectivity index (χ2n) is 6.77. The SMILES string of the molecule is Fc1cccc(CN2CC3(C[C@@H](OCc4cccnc4)CS3)C2)c1. The number of pyridine rings is 1. The zero-order valence-electron chi connectivity index (χ0n) is 13.5. The minimum Gasteiger partial charge on any atom is -0.373 e. The highest BCUT2D eigenvalue weighted by molar-refractivity contribution is 8.01. The molecule has 0 radical (unpaired) electrons. The van der Waals surface area contributed by atoms with Crippen LogP contribution in [0.25, 0.3) is 0 Å². The standard InChI is InChI=1S/C19H21FN2OS/c20-17-5-1-3-15(7-17)10-22-13-19(14-22)8-18(12-24-19)23-11-16-4-2-6-21-9-16/h1-7,9,18H,8,10-14H2/t18-/m1/s1. The van der Waals surface area contributed by atoms with Crippen molar-refractivity contribution in [2.24, 2.45) is 0 Å². The first-order chi connectivity index (χ1) is 11.7. The van der Waals surface area contributed by atoms with Gasteiger partial charge in [0, 0.05) is 42.5 Å². The van der Waals surface area contributed by atoms with Gasteiger partial charge >= 0.3 is 0 Å². The zero-order valence-corrected chi connectivity index (χ0v) is 14.3. The number of rotatable bonds is 5. The van der Waals surface area contributed by atoms with Crippen LogP contribution in [0.2, 0.25) is 0 Å². The molecule has 0 aliphatic carbocycles. The van der Waals surface area contributed by atoms with E-state index in [-0.39, 0.29) is 5.82 Å². The molecule has 1 atom stereocenters. The Labute approximate surface area is 146 Å². The number of halogens is 1. The maximum absolute atomic E-state index is 13.3. The van der Waals surface area contributed by atoms with Crippen molar-refractivity contribution in [1.29, 1.82) is 0 Å². The molecule has 1 aromatic carbocycles. The smallest absolute Gasteiger partial charge is 0.123 e. The molecule has 2 aromatic rings. The number of likely N-dealkylation sites (tertiary alicyclic amines) is 1. The Morgan fingerprint density at radius 1 is 1.25 bits per heavy atom. The first kappa shape index (κ1) is 16.1. The minimum absolute atomic E-state index is 0.151. The van der Waals surface area contributed by atoms with Gasteiger partial charge in [-0.25, -0.2) is 4.39 Å². The van der Waals surface area contributed by atoms with Gasteiger partial charge < -0.3 is 4.74 Å². The number of hydrogen-bond acceptors (Lipinski definition) is 4. The summed E-state index contributed by atoms with van der Waals surface area (Å²) >= 11 is 2.04. The molecule has 2 saturated heterocycles. The number of thioether (sulfide) groups is 1. The van der Waals surface area contributed by atoms with Crippen molar-refractivity contribution in [3.8, 4) is 0 Å². The fourth-order valence-electron chi connectivity index (χ4n) is 3.60. The van der Waals surface area contributed by atoms with Crippen molar-refractivity contribution in [2.75, 3.05) is 18.8 Å². The average molecular weight is 344 g/mol. The topological polar surface area (TPSA) is 25.4 Å². The van der Waals surface area contributed by atoms with Gasteiger partial charge in [-0.3, -0.25) is 9.88 Å². The number of aromatic nitrogens is 1. The maximum Gasteiger partial charge on any atom is 0.123 e. The lowest BCUT2D eigenvalue weighted by molar-refractivity contribution is 0.0263. The van der Waals surface area contributed by atoms with Crippen molar-refractivity contribution < 1.29 is 9.13 Å². The van der Waals surface area contributed by atoms with Crippen LogP contribution in [0.15, 0.2) is 48.8 Å². The summed E-state index contributed by atoms with van der Waals surface area (Å²) in [5.74, 6) is 0.912. The highest BCUT2D eigenvalue weighted by Gasteiger charge is 2.49. The molecule has 3 nitrogen and oxygen atoms in total. The van der Waals surface area contributed by atoms with Gasteiger partial charge in [-0.15, -0.1) is 11.8 Å². The van der Waals surface area contributed by atoms with Crippen LogP contribution < -0.4 is 0 Å². The lowest BCUT2D eigenvalue weighted by atomic mass is 9.92. The van der Waals surface area contributed by atoms with Gasteiger partial charge in [0.05, 0.1) is 12.7 Å². The summed E-state index contributed by atoms with van der Waals surface area (Å²) in [4.78, 5) is 6.52. The van der Waals surface area contributed by atoms with Crippen LogP contribution in [0.1, 0.15) is 17.5 Å². The molecule has 1 spiro atoms. The fraction of sp³-hybridized carbons (Fsp3) is 0.421. The molecule has 2 aliphatic heterocycles. The fourth-order valence-corrected chi connectivity index (χ4v) is 5.21. The quantitative estimate of drug-likeness (QED) is 0.829. The Morgan fingerprint density at radius 3 is 2.92 bits per heavy atom. The molecule has 0 unspecified atom stereocenters. The van der Waals surface area contributed by atoms with E-state index in [1.54, 1.807) is 18.3 Å². The predicted octanol–water partition coefficient (Wildman–Crippen LogP) is 3.50. The molecule has 3 heterocycles. The molecular weight excluding hydrogens is 323 g/mol. The van der Waals surface area contributed by atoms with Gasteiger partial charge in [0.2, 0.25) is 0 Å². The summed E-state index contributed by atoms with van der Waals surface area (Å²) in [7, 11) is 0. The monoisotopic (exact) mass is 344 g/mol. The van der Waals surface area contributed by atoms with Crippen LogP contribution in [0.3, 0.4) is 0 Å². The van der Waals surface area contributed by atoms with Crippen LogP contribution in [-0.2, 0) is 17.9 Å². The van der Waals surface area contributed by atoms with Gasteiger partial charge in [0.1, 0.15) is 5.82 Å². The third-order valence-corrected chi connectivity index (χ3v) is 6.28. The lowest BCUT2D eigenvalue weighted by Crippen LogP contribution is -2.58. The lowest BCUT2D eigenvalue weighted by Gasteiger charge is -2.47. The second kappa shape index (κ2) is 6.82. The predicted molar refractivity (Wildman–Crippen MR) is 94.3 cm³/mol. The summed E-state index contributed by atoms with van der Waals surface area (Å²) in [5, 5.41) is 0. The molecule has 0 bridgehead atoms. The third kappa shape index (κ3) is 3.63. The first-order valence-corrected chi connectivity index (χ1v) is 9.31. The molecule has 2 aliphatic rings. The van der Waals surface area contributed by atoms with E-state index in [0.717, 1.165) is 42.9 Å². The van der Waals surface area contributed by atoms with Crippen molar-refractivity contribution >= 4 is 11.8 Å². The second-order valence-corrected chi connectivity index (χ2v) is 8.26. The van der Waals surface area contributed by atoms with E-state index >= 15 is 0 Å².